The third-order valence-corrected chi connectivity index (χ3v) is 4.82. The number of fused-ring (bicyclic) bond motifs is 1. The van der Waals surface area contributed by atoms with E-state index in [1.54, 1.807) is 12.4 Å². The van der Waals surface area contributed by atoms with Crippen molar-refractivity contribution >= 4 is 28.8 Å². The summed E-state index contributed by atoms with van der Waals surface area (Å²) < 4.78 is 4.96. The summed E-state index contributed by atoms with van der Waals surface area (Å²) in [5, 5.41) is 7.89. The van der Waals surface area contributed by atoms with Gasteiger partial charge in [-0.15, -0.1) is 0 Å². The summed E-state index contributed by atoms with van der Waals surface area (Å²) in [6.07, 6.45) is 2.98. The summed E-state index contributed by atoms with van der Waals surface area (Å²) in [5.74, 6) is -1.26. The van der Waals surface area contributed by atoms with Gasteiger partial charge in [-0.2, -0.15) is 0 Å². The molecule has 0 bridgehead atoms. The number of nitrogens with one attached hydrogen (secondary N) is 4. The fourth-order valence-electron chi connectivity index (χ4n) is 3.25. The van der Waals surface area contributed by atoms with Gasteiger partial charge in [0.1, 0.15) is 0 Å². The van der Waals surface area contributed by atoms with E-state index in [2.05, 4.69) is 25.9 Å². The van der Waals surface area contributed by atoms with Gasteiger partial charge in [0.2, 0.25) is 11.8 Å². The Labute approximate surface area is 183 Å². The number of nitrogens with zero attached hydrogens (tertiary/aromatic N) is 1. The summed E-state index contributed by atoms with van der Waals surface area (Å²) in [6.45, 7) is -0.503. The molecule has 0 fully saturated rings. The van der Waals surface area contributed by atoms with Gasteiger partial charge >= 0.3 is 0 Å². The number of furan rings is 1. The number of hydrogen-bond acceptors (Lipinski definition) is 5. The molecule has 0 spiro atoms. The van der Waals surface area contributed by atoms with Crippen molar-refractivity contribution in [1.82, 2.24) is 25.9 Å². The molecule has 1 atom stereocenters. The fourth-order valence-corrected chi connectivity index (χ4v) is 3.25. The number of hydrogen-bond donors (Lipinski definition) is 4. The largest absolute Gasteiger partial charge is 0.459 e. The lowest BCUT2D eigenvalue weighted by Gasteiger charge is -2.20. The van der Waals surface area contributed by atoms with Crippen LogP contribution in [0.3, 0.4) is 0 Å². The van der Waals surface area contributed by atoms with Gasteiger partial charge in [0, 0.05) is 0 Å². The monoisotopic (exact) mass is 431 g/mol. The molecule has 2 aromatic carbocycles. The van der Waals surface area contributed by atoms with Crippen LogP contribution in [-0.4, -0.2) is 40.8 Å². The van der Waals surface area contributed by atoms with E-state index in [4.69, 9.17) is 4.42 Å². The zero-order valence-electron chi connectivity index (χ0n) is 17.0. The minimum Gasteiger partial charge on any atom is -0.459 e. The van der Waals surface area contributed by atoms with Crippen LogP contribution in [0.5, 0.6) is 0 Å². The van der Waals surface area contributed by atoms with Crippen molar-refractivity contribution < 1.29 is 18.8 Å². The van der Waals surface area contributed by atoms with Gasteiger partial charge in [-0.05, 0) is 35.4 Å². The SMILES string of the molecule is O=C(CNC(=O)c1ccco1)NCC(=O)NC(c1ccccc1)c1ccc2nc[nH]c2c1. The second-order valence-electron chi connectivity index (χ2n) is 7.03. The van der Waals surface area contributed by atoms with Crippen molar-refractivity contribution in [2.45, 2.75) is 6.04 Å². The highest BCUT2D eigenvalue weighted by molar-refractivity contribution is 5.94. The van der Waals surface area contributed by atoms with Gasteiger partial charge in [0.15, 0.2) is 5.76 Å². The number of benzene rings is 2. The maximum atomic E-state index is 12.6. The first-order valence-electron chi connectivity index (χ1n) is 9.96. The van der Waals surface area contributed by atoms with Crippen LogP contribution < -0.4 is 16.0 Å². The topological polar surface area (TPSA) is 129 Å². The van der Waals surface area contributed by atoms with Crippen LogP contribution in [0.1, 0.15) is 27.7 Å². The van der Waals surface area contributed by atoms with Crippen LogP contribution >= 0.6 is 0 Å². The third-order valence-electron chi connectivity index (χ3n) is 4.82. The van der Waals surface area contributed by atoms with Gasteiger partial charge < -0.3 is 25.4 Å². The first-order chi connectivity index (χ1) is 15.6. The highest BCUT2D eigenvalue weighted by Crippen LogP contribution is 2.24. The third kappa shape index (κ3) is 5.01. The molecule has 32 heavy (non-hydrogen) atoms. The molecule has 0 radical (unpaired) electrons. The van der Waals surface area contributed by atoms with Gasteiger partial charge in [0.05, 0.1) is 42.8 Å². The van der Waals surface area contributed by atoms with Gasteiger partial charge in [-0.3, -0.25) is 14.4 Å². The molecule has 162 valence electrons. The van der Waals surface area contributed by atoms with E-state index < -0.39 is 17.9 Å². The van der Waals surface area contributed by atoms with Crippen LogP contribution in [0.15, 0.2) is 77.7 Å². The molecule has 0 saturated heterocycles. The summed E-state index contributed by atoms with van der Waals surface area (Å²) in [4.78, 5) is 43.7. The molecule has 9 heteroatoms. The fraction of sp³-hybridized carbons (Fsp3) is 0.130. The molecular formula is C23H21N5O4. The zero-order chi connectivity index (χ0) is 22.3. The molecule has 4 N–H and O–H groups in total. The van der Waals surface area contributed by atoms with E-state index in [0.717, 1.165) is 22.2 Å². The van der Waals surface area contributed by atoms with E-state index in [1.165, 1.54) is 12.3 Å². The molecule has 4 aromatic rings. The Kier molecular flexibility index (Phi) is 6.26. The van der Waals surface area contributed by atoms with Crippen molar-refractivity contribution in [2.75, 3.05) is 13.1 Å². The van der Waals surface area contributed by atoms with Gasteiger partial charge in [0.25, 0.3) is 5.91 Å². The Balaban J connectivity index is 1.37. The molecule has 3 amide bonds. The normalized spacial score (nSPS) is 11.6. The molecule has 0 aliphatic carbocycles. The summed E-state index contributed by atoms with van der Waals surface area (Å²) in [7, 11) is 0. The van der Waals surface area contributed by atoms with Crippen molar-refractivity contribution in [3.8, 4) is 0 Å². The van der Waals surface area contributed by atoms with Crippen LogP contribution in [0.4, 0.5) is 0 Å². The minimum atomic E-state index is -0.507. The number of aromatic amines is 1. The average Bonchev–Trinajstić information content (AvgIpc) is 3.52. The van der Waals surface area contributed by atoms with E-state index in [0.29, 0.717) is 0 Å². The van der Waals surface area contributed by atoms with Crippen LogP contribution in [0.25, 0.3) is 11.0 Å². The summed E-state index contributed by atoms with van der Waals surface area (Å²) in [6, 6.07) is 17.9. The molecule has 4 rings (SSSR count). The van der Waals surface area contributed by atoms with E-state index in [9.17, 15) is 14.4 Å². The second-order valence-corrected chi connectivity index (χ2v) is 7.03. The van der Waals surface area contributed by atoms with Crippen molar-refractivity contribution in [3.63, 3.8) is 0 Å². The first-order valence-corrected chi connectivity index (χ1v) is 9.96. The molecule has 2 aromatic heterocycles. The maximum Gasteiger partial charge on any atom is 0.287 e. The number of imidazole rings is 1. The van der Waals surface area contributed by atoms with Crippen molar-refractivity contribution in [1.29, 1.82) is 0 Å². The highest BCUT2D eigenvalue weighted by Gasteiger charge is 2.18. The Hall–Kier alpha value is -4.40. The standard InChI is InChI=1S/C23H21N5O4/c29-20(12-25-23(31)19-7-4-10-32-19)24-13-21(30)28-22(15-5-2-1-3-6-15)16-8-9-17-18(11-16)27-14-26-17/h1-11,14,22H,12-13H2,(H,24,29)(H,25,31)(H,26,27)(H,28,30). The zero-order valence-corrected chi connectivity index (χ0v) is 17.0. The second kappa shape index (κ2) is 9.61. The van der Waals surface area contributed by atoms with Crippen LogP contribution in [0, 0.1) is 0 Å². The lowest BCUT2D eigenvalue weighted by atomic mass is 9.98. The minimum absolute atomic E-state index is 0.107. The number of rotatable bonds is 8. The molecular weight excluding hydrogens is 410 g/mol. The molecule has 0 aliphatic heterocycles. The Morgan fingerprint density at radius 1 is 0.906 bits per heavy atom. The Morgan fingerprint density at radius 3 is 2.50 bits per heavy atom. The predicted molar refractivity (Wildman–Crippen MR) is 117 cm³/mol. The van der Waals surface area contributed by atoms with Crippen LogP contribution in [0.2, 0.25) is 0 Å². The first kappa shape index (κ1) is 20.9. The van der Waals surface area contributed by atoms with Gasteiger partial charge in [-0.25, -0.2) is 4.98 Å². The molecule has 0 aliphatic rings. The molecule has 9 nitrogen and oxygen atoms in total. The number of carbonyl (C=O) groups excluding carboxylic acids is 3. The summed E-state index contributed by atoms with van der Waals surface area (Å²) >= 11 is 0. The van der Waals surface area contributed by atoms with Gasteiger partial charge in [-0.1, -0.05) is 36.4 Å². The maximum absolute atomic E-state index is 12.6. The number of H-pyrrole nitrogens is 1. The lowest BCUT2D eigenvalue weighted by Crippen LogP contribution is -2.42. The average molecular weight is 431 g/mol. The number of aromatic nitrogens is 2. The molecule has 2 heterocycles. The predicted octanol–water partition coefficient (Wildman–Crippen LogP) is 1.91. The Morgan fingerprint density at radius 2 is 1.72 bits per heavy atom. The van der Waals surface area contributed by atoms with Crippen molar-refractivity contribution in [2.24, 2.45) is 0 Å². The molecule has 0 saturated carbocycles. The van der Waals surface area contributed by atoms with Crippen LogP contribution in [-0.2, 0) is 9.59 Å². The lowest BCUT2D eigenvalue weighted by molar-refractivity contribution is -0.125. The van der Waals surface area contributed by atoms with E-state index in [1.807, 2.05) is 48.5 Å². The quantitative estimate of drug-likeness (QED) is 0.339. The number of amides is 3. The van der Waals surface area contributed by atoms with E-state index >= 15 is 0 Å². The highest BCUT2D eigenvalue weighted by atomic mass is 16.3. The van der Waals surface area contributed by atoms with E-state index in [-0.39, 0.29) is 24.8 Å². The van der Waals surface area contributed by atoms with Crippen molar-refractivity contribution in [3.05, 3.63) is 90.1 Å². The smallest absolute Gasteiger partial charge is 0.287 e. The molecule has 1 unspecified atom stereocenters. The Bertz CT molecular complexity index is 1220. The number of carbonyl (C=O) groups is 3. The summed E-state index contributed by atoms with van der Waals surface area (Å²) in [5.41, 5.74) is 3.46.